The third-order valence-corrected chi connectivity index (χ3v) is 3.06. The second-order valence-electron chi connectivity index (χ2n) is 5.30. The molecule has 0 saturated carbocycles. The van der Waals surface area contributed by atoms with Gasteiger partial charge in [-0.05, 0) is 31.2 Å². The minimum absolute atomic E-state index is 0. The molecule has 136 valence electrons. The van der Waals surface area contributed by atoms with Crippen molar-refractivity contribution in [3.8, 4) is 5.75 Å². The molecule has 6 nitrogen and oxygen atoms in total. The Morgan fingerprint density at radius 1 is 1.29 bits per heavy atom. The van der Waals surface area contributed by atoms with Crippen molar-refractivity contribution >= 4 is 35.8 Å². The number of ether oxygens (including phenoxy) is 1. The van der Waals surface area contributed by atoms with Gasteiger partial charge in [0, 0.05) is 34.1 Å². The van der Waals surface area contributed by atoms with Gasteiger partial charge in [0.2, 0.25) is 5.91 Å². The molecule has 0 aliphatic heterocycles. The van der Waals surface area contributed by atoms with E-state index in [2.05, 4.69) is 15.6 Å². The van der Waals surface area contributed by atoms with E-state index in [9.17, 15) is 9.18 Å². The summed E-state index contributed by atoms with van der Waals surface area (Å²) in [5.74, 6) is 0.979. The van der Waals surface area contributed by atoms with Crippen LogP contribution in [0, 0.1) is 5.82 Å². The summed E-state index contributed by atoms with van der Waals surface area (Å²) in [7, 11) is 5.11. The Morgan fingerprint density at radius 3 is 2.46 bits per heavy atom. The lowest BCUT2D eigenvalue weighted by atomic mass is 10.3. The smallest absolute Gasteiger partial charge is 0.223 e. The zero-order valence-electron chi connectivity index (χ0n) is 14.5. The molecule has 24 heavy (non-hydrogen) atoms. The SMILES string of the molecule is CN=C(NCCC(=O)N(C)C)NCC(C)Oc1ccc(F)cc1.I. The van der Waals surface area contributed by atoms with Crippen LogP contribution in [-0.2, 0) is 4.79 Å². The Labute approximate surface area is 159 Å². The lowest BCUT2D eigenvalue weighted by molar-refractivity contribution is -0.128. The van der Waals surface area contributed by atoms with E-state index in [1.807, 2.05) is 6.92 Å². The van der Waals surface area contributed by atoms with E-state index in [1.54, 1.807) is 38.2 Å². The van der Waals surface area contributed by atoms with Crippen molar-refractivity contribution in [3.63, 3.8) is 0 Å². The number of carbonyl (C=O) groups excluding carboxylic acids is 1. The number of benzene rings is 1. The van der Waals surface area contributed by atoms with E-state index in [4.69, 9.17) is 4.74 Å². The maximum atomic E-state index is 12.8. The summed E-state index contributed by atoms with van der Waals surface area (Å²) in [6.45, 7) is 2.93. The third-order valence-electron chi connectivity index (χ3n) is 3.06. The van der Waals surface area contributed by atoms with E-state index in [0.717, 1.165) is 0 Å². The fourth-order valence-electron chi connectivity index (χ4n) is 1.76. The molecule has 0 aliphatic carbocycles. The number of rotatable bonds is 7. The number of aliphatic imine (C=N–C) groups is 1. The molecule has 0 aliphatic rings. The molecular weight excluding hydrogens is 426 g/mol. The molecule has 2 N–H and O–H groups in total. The summed E-state index contributed by atoms with van der Waals surface area (Å²) in [5, 5.41) is 6.19. The Kier molecular flexibility index (Phi) is 11.1. The maximum Gasteiger partial charge on any atom is 0.223 e. The predicted octanol–water partition coefficient (Wildman–Crippen LogP) is 1.85. The molecule has 8 heteroatoms. The highest BCUT2D eigenvalue weighted by atomic mass is 127. The number of amides is 1. The topological polar surface area (TPSA) is 66.0 Å². The van der Waals surface area contributed by atoms with Gasteiger partial charge in [0.25, 0.3) is 0 Å². The van der Waals surface area contributed by atoms with Crippen LogP contribution in [0.4, 0.5) is 4.39 Å². The van der Waals surface area contributed by atoms with Crippen LogP contribution in [0.2, 0.25) is 0 Å². The highest BCUT2D eigenvalue weighted by Gasteiger charge is 2.07. The number of guanidine groups is 1. The number of nitrogens with one attached hydrogen (secondary N) is 2. The fourth-order valence-corrected chi connectivity index (χ4v) is 1.76. The van der Waals surface area contributed by atoms with Gasteiger partial charge in [0.15, 0.2) is 5.96 Å². The number of carbonyl (C=O) groups is 1. The highest BCUT2D eigenvalue weighted by molar-refractivity contribution is 14.0. The second kappa shape index (κ2) is 11.9. The standard InChI is InChI=1S/C16H25FN4O2.HI/c1-12(23-14-7-5-13(17)6-8-14)11-20-16(18-2)19-10-9-15(22)21(3)4;/h5-8,12H,9-11H2,1-4H3,(H2,18,19,20);1H. The van der Waals surface area contributed by atoms with Crippen molar-refractivity contribution in [1.82, 2.24) is 15.5 Å². The van der Waals surface area contributed by atoms with Crippen molar-refractivity contribution in [1.29, 1.82) is 0 Å². The van der Waals surface area contributed by atoms with Crippen LogP contribution in [0.5, 0.6) is 5.75 Å². The number of nitrogens with zero attached hydrogens (tertiary/aromatic N) is 2. The van der Waals surface area contributed by atoms with Gasteiger partial charge in [0.1, 0.15) is 17.7 Å². The van der Waals surface area contributed by atoms with Crippen LogP contribution in [0.1, 0.15) is 13.3 Å². The predicted molar refractivity (Wildman–Crippen MR) is 105 cm³/mol. The van der Waals surface area contributed by atoms with Crippen LogP contribution >= 0.6 is 24.0 Å². The molecule has 0 bridgehead atoms. The molecule has 1 atom stereocenters. The number of hydrogen-bond acceptors (Lipinski definition) is 3. The number of hydrogen-bond donors (Lipinski definition) is 2. The van der Waals surface area contributed by atoms with Gasteiger partial charge in [-0.15, -0.1) is 24.0 Å². The summed E-state index contributed by atoms with van der Waals surface area (Å²) in [6, 6.07) is 5.90. The maximum absolute atomic E-state index is 12.8. The molecule has 0 saturated heterocycles. The molecule has 0 spiro atoms. The average molecular weight is 452 g/mol. The molecule has 1 aromatic rings. The van der Waals surface area contributed by atoms with Gasteiger partial charge in [-0.1, -0.05) is 0 Å². The van der Waals surface area contributed by atoms with Gasteiger partial charge < -0.3 is 20.3 Å². The Hall–Kier alpha value is -1.58. The first kappa shape index (κ1) is 22.4. The lowest BCUT2D eigenvalue weighted by Crippen LogP contribution is -2.42. The molecule has 0 aromatic heterocycles. The van der Waals surface area contributed by atoms with Crippen LogP contribution in [-0.4, -0.2) is 57.1 Å². The molecule has 1 amide bonds. The molecule has 1 rings (SSSR count). The summed E-state index contributed by atoms with van der Waals surface area (Å²) in [6.07, 6.45) is 0.275. The van der Waals surface area contributed by atoms with E-state index in [1.165, 1.54) is 12.1 Å². The van der Waals surface area contributed by atoms with Crippen LogP contribution in [0.3, 0.4) is 0 Å². The fraction of sp³-hybridized carbons (Fsp3) is 0.500. The lowest BCUT2D eigenvalue weighted by Gasteiger charge is -2.18. The first-order valence-corrected chi connectivity index (χ1v) is 7.49. The number of halogens is 2. The van der Waals surface area contributed by atoms with E-state index in [0.29, 0.717) is 31.2 Å². The minimum Gasteiger partial charge on any atom is -0.489 e. The largest absolute Gasteiger partial charge is 0.489 e. The molecule has 0 fully saturated rings. The first-order chi connectivity index (χ1) is 10.9. The molecular formula is C16H26FIN4O2. The molecule has 0 radical (unpaired) electrons. The van der Waals surface area contributed by atoms with E-state index in [-0.39, 0.29) is 41.8 Å². The Bertz CT molecular complexity index is 523. The normalized spacial score (nSPS) is 12.0. The van der Waals surface area contributed by atoms with Crippen molar-refractivity contribution in [2.24, 2.45) is 4.99 Å². The zero-order chi connectivity index (χ0) is 17.2. The van der Waals surface area contributed by atoms with Gasteiger partial charge in [0.05, 0.1) is 6.54 Å². The Balaban J connectivity index is 0.00000529. The quantitative estimate of drug-likeness (QED) is 0.377. The third kappa shape index (κ3) is 8.90. The molecule has 1 unspecified atom stereocenters. The van der Waals surface area contributed by atoms with Gasteiger partial charge >= 0.3 is 0 Å². The molecule has 1 aromatic carbocycles. The molecule has 0 heterocycles. The van der Waals surface area contributed by atoms with Crippen LogP contribution in [0.25, 0.3) is 0 Å². The van der Waals surface area contributed by atoms with E-state index >= 15 is 0 Å². The van der Waals surface area contributed by atoms with Crippen LogP contribution in [0.15, 0.2) is 29.3 Å². The van der Waals surface area contributed by atoms with Gasteiger partial charge in [-0.2, -0.15) is 0 Å². The highest BCUT2D eigenvalue weighted by Crippen LogP contribution is 2.12. The van der Waals surface area contributed by atoms with Crippen LogP contribution < -0.4 is 15.4 Å². The van der Waals surface area contributed by atoms with Crippen molar-refractivity contribution in [2.75, 3.05) is 34.2 Å². The Morgan fingerprint density at radius 2 is 1.92 bits per heavy atom. The van der Waals surface area contributed by atoms with Crippen molar-refractivity contribution in [2.45, 2.75) is 19.4 Å². The summed E-state index contributed by atoms with van der Waals surface area (Å²) in [5.41, 5.74) is 0. The first-order valence-electron chi connectivity index (χ1n) is 7.49. The van der Waals surface area contributed by atoms with Gasteiger partial charge in [-0.25, -0.2) is 4.39 Å². The van der Waals surface area contributed by atoms with E-state index < -0.39 is 0 Å². The van der Waals surface area contributed by atoms with Gasteiger partial charge in [-0.3, -0.25) is 9.79 Å². The minimum atomic E-state index is -0.292. The monoisotopic (exact) mass is 452 g/mol. The zero-order valence-corrected chi connectivity index (χ0v) is 16.8. The summed E-state index contributed by atoms with van der Waals surface area (Å²) >= 11 is 0. The second-order valence-corrected chi connectivity index (χ2v) is 5.30. The van der Waals surface area contributed by atoms with Crippen molar-refractivity contribution < 1.29 is 13.9 Å². The average Bonchev–Trinajstić information content (AvgIpc) is 2.52. The van der Waals surface area contributed by atoms with Crippen molar-refractivity contribution in [3.05, 3.63) is 30.1 Å². The summed E-state index contributed by atoms with van der Waals surface area (Å²) < 4.78 is 18.5. The summed E-state index contributed by atoms with van der Waals surface area (Å²) in [4.78, 5) is 17.1.